The van der Waals surface area contributed by atoms with E-state index >= 15 is 0 Å². The van der Waals surface area contributed by atoms with Gasteiger partial charge in [0.2, 0.25) is 10.0 Å². The number of allylic oxidation sites excluding steroid dienone is 1. The van der Waals surface area contributed by atoms with E-state index in [0.717, 1.165) is 13.8 Å². The number of aromatic nitrogens is 2. The zero-order chi connectivity index (χ0) is 22.4. The second-order valence-corrected chi connectivity index (χ2v) is 11.2. The Labute approximate surface area is 183 Å². The molecule has 0 radical (unpaired) electrons. The third-order valence-electron chi connectivity index (χ3n) is 4.14. The van der Waals surface area contributed by atoms with Crippen LogP contribution in [-0.4, -0.2) is 60.8 Å². The van der Waals surface area contributed by atoms with E-state index in [1.165, 1.54) is 30.9 Å². The second-order valence-electron chi connectivity index (χ2n) is 6.63. The number of hydrogen-bond acceptors (Lipinski definition) is 5. The van der Waals surface area contributed by atoms with Crippen molar-refractivity contribution in [3.05, 3.63) is 71.8 Å². The molecule has 11 heteroatoms. The van der Waals surface area contributed by atoms with Crippen molar-refractivity contribution in [2.24, 2.45) is 0 Å². The summed E-state index contributed by atoms with van der Waals surface area (Å²) in [6.07, 6.45) is 7.61. The predicted molar refractivity (Wildman–Crippen MR) is 120 cm³/mol. The maximum atomic E-state index is 12.7. The fourth-order valence-electron chi connectivity index (χ4n) is 2.49. The first-order valence-electron chi connectivity index (χ1n) is 9.03. The van der Waals surface area contributed by atoms with Crippen molar-refractivity contribution in [2.45, 2.75) is 13.0 Å². The van der Waals surface area contributed by atoms with Gasteiger partial charge in [0.05, 0.1) is 11.4 Å². The fourth-order valence-corrected chi connectivity index (χ4v) is 4.77. The van der Waals surface area contributed by atoms with Crippen molar-refractivity contribution >= 4 is 37.9 Å². The topological polar surface area (TPSA) is 92.6 Å². The van der Waals surface area contributed by atoms with Gasteiger partial charge in [-0.2, -0.15) is 17.0 Å². The summed E-state index contributed by atoms with van der Waals surface area (Å²) in [5.74, 6) is -0.0956. The SMILES string of the molecule is C=CCN(Cc1ccc(Cl)cc1)S(=O)(=O)CCC=Cc1cn(S(=O)(=O)N(C)C)cn1. The molecule has 2 rings (SSSR count). The van der Waals surface area contributed by atoms with Gasteiger partial charge in [0.15, 0.2) is 0 Å². The molecule has 0 aliphatic heterocycles. The van der Waals surface area contributed by atoms with Gasteiger partial charge in [-0.3, -0.25) is 0 Å². The molecule has 0 aliphatic carbocycles. The molecular formula is C19H25ClN4O4S2. The average molecular weight is 473 g/mol. The van der Waals surface area contributed by atoms with Crippen LogP contribution in [0.15, 0.2) is 55.5 Å². The molecule has 0 atom stereocenters. The summed E-state index contributed by atoms with van der Waals surface area (Å²) in [6.45, 7) is 4.06. The Balaban J connectivity index is 2.01. The molecule has 0 saturated heterocycles. The van der Waals surface area contributed by atoms with Crippen molar-refractivity contribution in [1.29, 1.82) is 0 Å². The first-order chi connectivity index (χ1) is 14.1. The summed E-state index contributed by atoms with van der Waals surface area (Å²) >= 11 is 5.88. The average Bonchev–Trinajstić information content (AvgIpc) is 3.16. The summed E-state index contributed by atoms with van der Waals surface area (Å²) in [6, 6.07) is 7.00. The number of hydrogen-bond donors (Lipinski definition) is 0. The molecule has 0 saturated carbocycles. The quantitative estimate of drug-likeness (QED) is 0.469. The molecule has 8 nitrogen and oxygen atoms in total. The van der Waals surface area contributed by atoms with Crippen LogP contribution >= 0.6 is 11.6 Å². The Bertz CT molecular complexity index is 1090. The summed E-state index contributed by atoms with van der Waals surface area (Å²) in [4.78, 5) is 4.01. The minimum atomic E-state index is -3.63. The van der Waals surface area contributed by atoms with Gasteiger partial charge in [-0.15, -0.1) is 6.58 Å². The van der Waals surface area contributed by atoms with Crippen LogP contribution in [-0.2, 0) is 26.8 Å². The zero-order valence-corrected chi connectivity index (χ0v) is 19.2. The maximum Gasteiger partial charge on any atom is 0.308 e. The van der Waals surface area contributed by atoms with Crippen LogP contribution in [0.1, 0.15) is 17.7 Å². The van der Waals surface area contributed by atoms with Crippen molar-refractivity contribution in [1.82, 2.24) is 17.6 Å². The number of sulfonamides is 1. The van der Waals surface area contributed by atoms with Gasteiger partial charge in [0.1, 0.15) is 6.33 Å². The lowest BCUT2D eigenvalue weighted by Gasteiger charge is -2.20. The van der Waals surface area contributed by atoms with Gasteiger partial charge >= 0.3 is 10.2 Å². The smallest absolute Gasteiger partial charge is 0.236 e. The summed E-state index contributed by atoms with van der Waals surface area (Å²) < 4.78 is 53.0. The van der Waals surface area contributed by atoms with Crippen LogP contribution in [0, 0.1) is 0 Å². The van der Waals surface area contributed by atoms with Crippen molar-refractivity contribution in [3.8, 4) is 0 Å². The van der Waals surface area contributed by atoms with E-state index in [2.05, 4.69) is 11.6 Å². The normalized spacial score (nSPS) is 12.8. The molecule has 0 fully saturated rings. The van der Waals surface area contributed by atoms with Gasteiger partial charge in [-0.1, -0.05) is 35.9 Å². The Hall–Kier alpha value is -1.98. The number of nitrogens with zero attached hydrogens (tertiary/aromatic N) is 4. The highest BCUT2D eigenvalue weighted by molar-refractivity contribution is 7.89. The van der Waals surface area contributed by atoms with Gasteiger partial charge in [0, 0.05) is 38.4 Å². The van der Waals surface area contributed by atoms with E-state index in [4.69, 9.17) is 11.6 Å². The van der Waals surface area contributed by atoms with Crippen LogP contribution in [0.2, 0.25) is 5.02 Å². The lowest BCUT2D eigenvalue weighted by Crippen LogP contribution is -2.32. The molecule has 1 heterocycles. The number of halogens is 1. The van der Waals surface area contributed by atoms with Crippen LogP contribution < -0.4 is 0 Å². The van der Waals surface area contributed by atoms with Crippen LogP contribution in [0.25, 0.3) is 6.08 Å². The van der Waals surface area contributed by atoms with Gasteiger partial charge in [-0.05, 0) is 30.2 Å². The third kappa shape index (κ3) is 6.51. The first kappa shape index (κ1) is 24.3. The van der Waals surface area contributed by atoms with Crippen LogP contribution in [0.4, 0.5) is 0 Å². The predicted octanol–water partition coefficient (Wildman–Crippen LogP) is 2.61. The van der Waals surface area contributed by atoms with Gasteiger partial charge in [0.25, 0.3) is 0 Å². The minimum absolute atomic E-state index is 0.0956. The molecule has 0 bridgehead atoms. The molecule has 0 N–H and O–H groups in total. The Morgan fingerprint density at radius 3 is 2.43 bits per heavy atom. The molecular weight excluding hydrogens is 448 g/mol. The van der Waals surface area contributed by atoms with E-state index < -0.39 is 20.2 Å². The minimum Gasteiger partial charge on any atom is -0.236 e. The number of benzene rings is 1. The van der Waals surface area contributed by atoms with E-state index in [0.29, 0.717) is 10.7 Å². The Kier molecular flexibility index (Phi) is 8.39. The molecule has 1 aromatic heterocycles. The maximum absolute atomic E-state index is 12.7. The number of imidazole rings is 1. The second kappa shape index (κ2) is 10.4. The molecule has 164 valence electrons. The van der Waals surface area contributed by atoms with E-state index in [9.17, 15) is 16.8 Å². The molecule has 2 aromatic rings. The highest BCUT2D eigenvalue weighted by Gasteiger charge is 2.20. The van der Waals surface area contributed by atoms with E-state index in [1.54, 1.807) is 42.5 Å². The molecule has 0 amide bonds. The molecule has 0 aliphatic rings. The molecule has 1 aromatic carbocycles. The standard InChI is InChI=1S/C19H25ClN4O4S2/c1-4-12-23(14-17-8-10-18(20)11-9-17)29(25,26)13-6-5-7-19-15-24(16-21-19)30(27,28)22(2)3/h4-5,7-11,15-16H,1,6,12-14H2,2-3H3. The van der Waals surface area contributed by atoms with Crippen molar-refractivity contribution < 1.29 is 16.8 Å². The molecule has 0 spiro atoms. The first-order valence-corrected chi connectivity index (χ1v) is 12.4. The largest absolute Gasteiger partial charge is 0.308 e. The fraction of sp³-hybridized carbons (Fsp3) is 0.316. The highest BCUT2D eigenvalue weighted by Crippen LogP contribution is 2.15. The lowest BCUT2D eigenvalue weighted by molar-refractivity contribution is 0.438. The highest BCUT2D eigenvalue weighted by atomic mass is 35.5. The Morgan fingerprint density at radius 2 is 1.83 bits per heavy atom. The lowest BCUT2D eigenvalue weighted by atomic mass is 10.2. The van der Waals surface area contributed by atoms with Crippen LogP contribution in [0.5, 0.6) is 0 Å². The van der Waals surface area contributed by atoms with Crippen LogP contribution in [0.3, 0.4) is 0 Å². The van der Waals surface area contributed by atoms with Crippen molar-refractivity contribution in [3.63, 3.8) is 0 Å². The van der Waals surface area contributed by atoms with Gasteiger partial charge < -0.3 is 0 Å². The van der Waals surface area contributed by atoms with E-state index in [1.807, 2.05) is 0 Å². The van der Waals surface area contributed by atoms with Gasteiger partial charge in [-0.25, -0.2) is 17.4 Å². The van der Waals surface area contributed by atoms with Crippen molar-refractivity contribution in [2.75, 3.05) is 26.4 Å². The van der Waals surface area contributed by atoms with E-state index in [-0.39, 0.29) is 25.3 Å². The number of rotatable bonds is 11. The summed E-state index contributed by atoms with van der Waals surface area (Å²) in [5, 5.41) is 0.586. The monoisotopic (exact) mass is 472 g/mol. The summed E-state index contributed by atoms with van der Waals surface area (Å²) in [7, 11) is -4.30. The third-order valence-corrected chi connectivity index (χ3v) is 7.86. The molecule has 0 unspecified atom stereocenters. The zero-order valence-electron chi connectivity index (χ0n) is 16.8. The Morgan fingerprint density at radius 1 is 1.17 bits per heavy atom. The molecule has 30 heavy (non-hydrogen) atoms. The summed E-state index contributed by atoms with van der Waals surface area (Å²) in [5.41, 5.74) is 1.25.